The Morgan fingerprint density at radius 3 is 2.00 bits per heavy atom. The lowest BCUT2D eigenvalue weighted by Gasteiger charge is -2.41. The van der Waals surface area contributed by atoms with E-state index in [9.17, 15) is 0 Å². The van der Waals surface area contributed by atoms with E-state index in [2.05, 4.69) is 25.8 Å². The van der Waals surface area contributed by atoms with Crippen LogP contribution < -0.4 is 4.98 Å². The minimum atomic E-state index is -2.24. The second-order valence-corrected chi connectivity index (χ2v) is 9.54. The zero-order valence-electron chi connectivity index (χ0n) is 13.6. The fourth-order valence-electron chi connectivity index (χ4n) is 4.00. The summed E-state index contributed by atoms with van der Waals surface area (Å²) in [6.45, 7) is 8.17. The van der Waals surface area contributed by atoms with Crippen molar-refractivity contribution in [2.45, 2.75) is 83.7 Å². The lowest BCUT2D eigenvalue weighted by molar-refractivity contribution is 0.145. The van der Waals surface area contributed by atoms with Crippen LogP contribution in [-0.2, 0) is 8.85 Å². The summed E-state index contributed by atoms with van der Waals surface area (Å²) in [5.41, 5.74) is 0.650. The molecule has 0 spiro atoms. The highest BCUT2D eigenvalue weighted by molar-refractivity contribution is 6.66. The topological polar surface area (TPSA) is 30.5 Å². The van der Waals surface area contributed by atoms with E-state index in [0.29, 0.717) is 11.6 Å². The maximum Gasteiger partial charge on any atom is 0.428 e. The normalized spacial score (nSPS) is 28.9. The van der Waals surface area contributed by atoms with Gasteiger partial charge in [0.15, 0.2) is 0 Å². The standard InChI is InChI=1S/C16H33NO2Si/c1-4-18-20(19-5-2,15-11-7-8-12-15)17-16-13-9-6-10-14(16)3/h14-17H,4-13H2,1-3H3. The predicted molar refractivity (Wildman–Crippen MR) is 85.8 cm³/mol. The lowest BCUT2D eigenvalue weighted by atomic mass is 9.87. The lowest BCUT2D eigenvalue weighted by Crippen LogP contribution is -2.64. The van der Waals surface area contributed by atoms with Gasteiger partial charge in [0, 0.05) is 24.8 Å². The van der Waals surface area contributed by atoms with Crippen molar-refractivity contribution in [2.24, 2.45) is 5.92 Å². The first kappa shape index (κ1) is 16.5. The minimum absolute atomic E-state index is 0.606. The van der Waals surface area contributed by atoms with Crippen molar-refractivity contribution < 1.29 is 8.85 Å². The number of hydrogen-bond donors (Lipinski definition) is 1. The number of hydrogen-bond acceptors (Lipinski definition) is 3. The molecule has 4 heteroatoms. The third kappa shape index (κ3) is 3.84. The highest BCUT2D eigenvalue weighted by Gasteiger charge is 2.49. The second-order valence-electron chi connectivity index (χ2n) is 6.53. The molecule has 0 aromatic rings. The third-order valence-corrected chi connectivity index (χ3v) is 8.97. The zero-order valence-corrected chi connectivity index (χ0v) is 14.6. The van der Waals surface area contributed by atoms with E-state index in [-0.39, 0.29) is 0 Å². The monoisotopic (exact) mass is 299 g/mol. The van der Waals surface area contributed by atoms with Crippen LogP contribution in [0.15, 0.2) is 0 Å². The molecule has 3 nitrogen and oxygen atoms in total. The summed E-state index contributed by atoms with van der Waals surface area (Å²) < 4.78 is 12.6. The van der Waals surface area contributed by atoms with Crippen molar-refractivity contribution in [3.63, 3.8) is 0 Å². The van der Waals surface area contributed by atoms with Gasteiger partial charge in [-0.15, -0.1) is 0 Å². The van der Waals surface area contributed by atoms with Crippen LogP contribution in [0.3, 0.4) is 0 Å². The highest BCUT2D eigenvalue weighted by Crippen LogP contribution is 2.39. The predicted octanol–water partition coefficient (Wildman–Crippen LogP) is 4.11. The Hall–Kier alpha value is 0.0969. The summed E-state index contributed by atoms with van der Waals surface area (Å²) in [6.07, 6.45) is 10.7. The average molecular weight is 300 g/mol. The van der Waals surface area contributed by atoms with Crippen molar-refractivity contribution in [1.29, 1.82) is 0 Å². The van der Waals surface area contributed by atoms with Crippen molar-refractivity contribution in [1.82, 2.24) is 4.98 Å². The maximum absolute atomic E-state index is 6.31. The Bertz CT molecular complexity index is 276. The van der Waals surface area contributed by atoms with Crippen LogP contribution in [0.5, 0.6) is 0 Å². The fraction of sp³-hybridized carbons (Fsp3) is 1.00. The Morgan fingerprint density at radius 2 is 1.45 bits per heavy atom. The van der Waals surface area contributed by atoms with E-state index in [4.69, 9.17) is 8.85 Å². The van der Waals surface area contributed by atoms with Crippen molar-refractivity contribution >= 4 is 8.72 Å². The summed E-state index contributed by atoms with van der Waals surface area (Å²) in [5, 5.41) is 0. The molecule has 0 amide bonds. The van der Waals surface area contributed by atoms with Crippen molar-refractivity contribution in [3.05, 3.63) is 0 Å². The van der Waals surface area contributed by atoms with Crippen LogP contribution in [-0.4, -0.2) is 28.0 Å². The van der Waals surface area contributed by atoms with Crippen LogP contribution >= 0.6 is 0 Å². The highest BCUT2D eigenvalue weighted by atomic mass is 28.4. The van der Waals surface area contributed by atoms with Gasteiger partial charge < -0.3 is 8.85 Å². The van der Waals surface area contributed by atoms with Gasteiger partial charge in [0.05, 0.1) is 0 Å². The molecule has 0 saturated heterocycles. The van der Waals surface area contributed by atoms with Gasteiger partial charge in [-0.1, -0.05) is 32.6 Å². The smallest absolute Gasteiger partial charge is 0.383 e. The Morgan fingerprint density at radius 1 is 0.900 bits per heavy atom. The SMILES string of the molecule is CCO[Si](NC1CCCCC1C)(OCC)C1CCCC1. The first-order valence-corrected chi connectivity index (χ1v) is 10.7. The van der Waals surface area contributed by atoms with Gasteiger partial charge in [0.25, 0.3) is 0 Å². The van der Waals surface area contributed by atoms with Gasteiger partial charge in [-0.05, 0) is 45.4 Å². The molecule has 0 heterocycles. The number of nitrogens with one attached hydrogen (secondary N) is 1. The van der Waals surface area contributed by atoms with Crippen LogP contribution in [0.1, 0.15) is 72.1 Å². The molecule has 2 saturated carbocycles. The number of rotatable bonds is 7. The quantitative estimate of drug-likeness (QED) is 0.718. The molecule has 0 aliphatic heterocycles. The van der Waals surface area contributed by atoms with E-state index in [1.54, 1.807) is 0 Å². The van der Waals surface area contributed by atoms with E-state index >= 15 is 0 Å². The van der Waals surface area contributed by atoms with E-state index < -0.39 is 8.72 Å². The molecule has 118 valence electrons. The fourth-order valence-corrected chi connectivity index (χ4v) is 7.93. The first-order chi connectivity index (χ1) is 9.72. The molecule has 2 aliphatic carbocycles. The van der Waals surface area contributed by atoms with Gasteiger partial charge in [-0.25, -0.2) is 0 Å². The molecular formula is C16H33NO2Si. The Kier molecular flexibility index (Phi) is 6.52. The summed E-state index contributed by atoms with van der Waals surface area (Å²) in [4.78, 5) is 3.96. The van der Waals surface area contributed by atoms with E-state index in [0.717, 1.165) is 19.1 Å². The third-order valence-electron chi connectivity index (χ3n) is 5.11. The van der Waals surface area contributed by atoms with Gasteiger partial charge in [0.1, 0.15) is 0 Å². The summed E-state index contributed by atoms with van der Waals surface area (Å²) in [6, 6.07) is 0.606. The van der Waals surface area contributed by atoms with Crippen LogP contribution in [0, 0.1) is 5.92 Å². The molecule has 2 fully saturated rings. The van der Waals surface area contributed by atoms with Gasteiger partial charge >= 0.3 is 8.72 Å². The zero-order chi connectivity index (χ0) is 14.4. The maximum atomic E-state index is 6.31. The summed E-state index contributed by atoms with van der Waals surface area (Å²) in [5.74, 6) is 0.762. The van der Waals surface area contributed by atoms with Crippen molar-refractivity contribution in [2.75, 3.05) is 13.2 Å². The van der Waals surface area contributed by atoms with E-state index in [1.165, 1.54) is 51.4 Å². The molecule has 1 N–H and O–H groups in total. The van der Waals surface area contributed by atoms with Crippen LogP contribution in [0.4, 0.5) is 0 Å². The van der Waals surface area contributed by atoms with E-state index in [1.807, 2.05) is 0 Å². The molecule has 0 bridgehead atoms. The second kappa shape index (κ2) is 7.92. The molecular weight excluding hydrogens is 266 g/mol. The Labute approximate surface area is 126 Å². The molecule has 2 unspecified atom stereocenters. The Balaban J connectivity index is 2.10. The van der Waals surface area contributed by atoms with Crippen LogP contribution in [0.25, 0.3) is 0 Å². The first-order valence-electron chi connectivity index (χ1n) is 8.77. The summed E-state index contributed by atoms with van der Waals surface area (Å²) in [7, 11) is -2.24. The van der Waals surface area contributed by atoms with Gasteiger partial charge in [-0.3, -0.25) is 4.98 Å². The minimum Gasteiger partial charge on any atom is -0.383 e. The van der Waals surface area contributed by atoms with Crippen molar-refractivity contribution in [3.8, 4) is 0 Å². The molecule has 0 aromatic carbocycles. The van der Waals surface area contributed by atoms with Gasteiger partial charge in [-0.2, -0.15) is 0 Å². The van der Waals surface area contributed by atoms with Crippen LogP contribution in [0.2, 0.25) is 5.54 Å². The molecule has 2 aliphatic rings. The molecule has 20 heavy (non-hydrogen) atoms. The molecule has 2 rings (SSSR count). The molecule has 2 atom stereocenters. The summed E-state index contributed by atoms with van der Waals surface area (Å²) >= 11 is 0. The molecule has 0 radical (unpaired) electrons. The van der Waals surface area contributed by atoms with Gasteiger partial charge in [0.2, 0.25) is 0 Å². The molecule has 0 aromatic heterocycles. The average Bonchev–Trinajstić information content (AvgIpc) is 2.96. The largest absolute Gasteiger partial charge is 0.428 e.